The average molecular weight is 491 g/mol. The molecule has 0 saturated heterocycles. The zero-order valence-corrected chi connectivity index (χ0v) is 21.0. The zero-order chi connectivity index (χ0) is 24.9. The van der Waals surface area contributed by atoms with Crippen molar-refractivity contribution in [1.29, 1.82) is 0 Å². The lowest BCUT2D eigenvalue weighted by molar-refractivity contribution is -0.116. The highest BCUT2D eigenvalue weighted by Gasteiger charge is 2.28. The van der Waals surface area contributed by atoms with Crippen LogP contribution in [0.1, 0.15) is 65.9 Å². The highest BCUT2D eigenvalue weighted by atomic mass is 31.2. The van der Waals surface area contributed by atoms with Crippen LogP contribution < -0.4 is 15.2 Å². The van der Waals surface area contributed by atoms with Gasteiger partial charge in [-0.25, -0.2) is 13.8 Å². The molecular weight excluding hydrogens is 454 g/mol. The number of benzene rings is 1. The van der Waals surface area contributed by atoms with Crippen molar-refractivity contribution >= 4 is 25.5 Å². The summed E-state index contributed by atoms with van der Waals surface area (Å²) in [5.41, 5.74) is -0.0318. The number of ether oxygens (including phenoxy) is 1. The number of alkyl halides is 1. The Bertz CT molecular complexity index is 804. The highest BCUT2D eigenvalue weighted by Crippen LogP contribution is 2.50. The first-order valence-electron chi connectivity index (χ1n) is 11.1. The average Bonchev–Trinajstić information content (AvgIpc) is 2.70. The van der Waals surface area contributed by atoms with Gasteiger partial charge < -0.3 is 19.9 Å². The van der Waals surface area contributed by atoms with Crippen LogP contribution in [-0.4, -0.2) is 37.4 Å². The second kappa shape index (κ2) is 14.2. The number of carbonyl (C=O) groups excluding carboxylic acids is 2. The zero-order valence-electron chi connectivity index (χ0n) is 20.1. The van der Waals surface area contributed by atoms with E-state index in [1.54, 1.807) is 34.6 Å². The monoisotopic (exact) mass is 490 g/mol. The van der Waals surface area contributed by atoms with Crippen LogP contribution in [0, 0.1) is 0 Å². The van der Waals surface area contributed by atoms with E-state index >= 15 is 0 Å². The minimum Gasteiger partial charge on any atom is -0.444 e. The molecule has 0 aromatic heterocycles. The van der Waals surface area contributed by atoms with E-state index in [0.717, 1.165) is 6.42 Å². The van der Waals surface area contributed by atoms with Crippen molar-refractivity contribution in [1.82, 2.24) is 5.32 Å². The molecule has 0 atom stereocenters. The summed E-state index contributed by atoms with van der Waals surface area (Å²) in [5.74, 6) is -0.193. The topological polar surface area (TPSA) is 112 Å². The van der Waals surface area contributed by atoms with Crippen molar-refractivity contribution in [3.63, 3.8) is 0 Å². The van der Waals surface area contributed by atoms with Crippen LogP contribution in [0.25, 0.3) is 0 Å². The predicted octanol–water partition coefficient (Wildman–Crippen LogP) is 5.74. The fraction of sp³-hybridized carbons (Fsp3) is 0.636. The largest absolute Gasteiger partial charge is 0.530 e. The SMILES string of the molecule is CCOP(=O)(OCC)Oc1ccc(NC(=O)CCCCCNC(=O)OC(C)(C)C)cc1CF. The van der Waals surface area contributed by atoms with E-state index in [4.69, 9.17) is 18.3 Å². The number of phosphoric ester groups is 1. The van der Waals surface area contributed by atoms with Gasteiger partial charge in [0.15, 0.2) is 0 Å². The molecule has 11 heteroatoms. The van der Waals surface area contributed by atoms with Crippen molar-refractivity contribution in [2.45, 2.75) is 72.6 Å². The summed E-state index contributed by atoms with van der Waals surface area (Å²) in [4.78, 5) is 23.7. The molecule has 9 nitrogen and oxygen atoms in total. The molecule has 0 aliphatic carbocycles. The van der Waals surface area contributed by atoms with Crippen LogP contribution in [0.3, 0.4) is 0 Å². The molecule has 188 valence electrons. The van der Waals surface area contributed by atoms with Crippen LogP contribution in [0.2, 0.25) is 0 Å². The molecule has 0 radical (unpaired) electrons. The Labute approximate surface area is 195 Å². The minimum atomic E-state index is -3.85. The van der Waals surface area contributed by atoms with Gasteiger partial charge in [-0.3, -0.25) is 13.8 Å². The maximum absolute atomic E-state index is 13.5. The number of anilines is 1. The first kappa shape index (κ1) is 28.9. The van der Waals surface area contributed by atoms with E-state index in [-0.39, 0.29) is 36.9 Å². The second-order valence-electron chi connectivity index (χ2n) is 8.12. The molecule has 1 rings (SSSR count). The van der Waals surface area contributed by atoms with Crippen LogP contribution in [0.4, 0.5) is 14.9 Å². The molecule has 2 N–H and O–H groups in total. The third-order valence-electron chi connectivity index (χ3n) is 4.02. The van der Waals surface area contributed by atoms with E-state index in [0.29, 0.717) is 25.1 Å². The molecule has 33 heavy (non-hydrogen) atoms. The predicted molar refractivity (Wildman–Crippen MR) is 124 cm³/mol. The summed E-state index contributed by atoms with van der Waals surface area (Å²) in [6.07, 6.45) is 1.90. The van der Waals surface area contributed by atoms with Crippen molar-refractivity contribution in [2.75, 3.05) is 25.1 Å². The Morgan fingerprint density at radius 2 is 1.73 bits per heavy atom. The fourth-order valence-corrected chi connectivity index (χ4v) is 3.92. The molecule has 0 heterocycles. The first-order chi connectivity index (χ1) is 15.5. The van der Waals surface area contributed by atoms with Crippen molar-refractivity contribution in [3.8, 4) is 5.75 Å². The molecule has 0 bridgehead atoms. The third kappa shape index (κ3) is 12.0. The second-order valence-corrected chi connectivity index (χ2v) is 9.71. The standard InChI is InChI=1S/C22H36FN2O7P/c1-6-29-33(28,30-7-2)32-19-13-12-18(15-17(19)16-23)25-20(26)11-9-8-10-14-24-21(27)31-22(3,4)5/h12-13,15H,6-11,14,16H2,1-5H3,(H,24,27)(H,25,26). The van der Waals surface area contributed by atoms with Gasteiger partial charge in [0, 0.05) is 24.2 Å². The third-order valence-corrected chi connectivity index (χ3v) is 5.59. The Morgan fingerprint density at radius 1 is 1.06 bits per heavy atom. The molecule has 1 aromatic carbocycles. The summed E-state index contributed by atoms with van der Waals surface area (Å²) in [7, 11) is -3.85. The van der Waals surface area contributed by atoms with Gasteiger partial charge in [0.25, 0.3) is 0 Å². The lowest BCUT2D eigenvalue weighted by Gasteiger charge is -2.19. The van der Waals surface area contributed by atoms with Crippen LogP contribution in [0.15, 0.2) is 18.2 Å². The number of halogens is 1. The minimum absolute atomic E-state index is 0.0261. The number of alkyl carbamates (subject to hydrolysis) is 1. The lowest BCUT2D eigenvalue weighted by atomic mass is 10.1. The number of unbranched alkanes of at least 4 members (excludes halogenated alkanes) is 2. The van der Waals surface area contributed by atoms with Crippen LogP contribution in [-0.2, 0) is 29.8 Å². The normalized spacial score (nSPS) is 11.7. The molecular formula is C22H36FN2O7P. The molecule has 2 amide bonds. The van der Waals surface area contributed by atoms with Gasteiger partial charge in [-0.05, 0) is 65.7 Å². The molecule has 0 aliphatic heterocycles. The van der Waals surface area contributed by atoms with Gasteiger partial charge in [-0.1, -0.05) is 6.42 Å². The fourth-order valence-electron chi connectivity index (χ4n) is 2.69. The number of hydrogen-bond acceptors (Lipinski definition) is 7. The number of nitrogens with one attached hydrogen (secondary N) is 2. The van der Waals surface area contributed by atoms with Crippen LogP contribution in [0.5, 0.6) is 5.75 Å². The number of hydrogen-bond donors (Lipinski definition) is 2. The van der Waals surface area contributed by atoms with Gasteiger partial charge in [-0.15, -0.1) is 0 Å². The summed E-state index contributed by atoms with van der Waals surface area (Å²) in [5, 5.41) is 5.38. The molecule has 0 fully saturated rings. The van der Waals surface area contributed by atoms with E-state index in [9.17, 15) is 18.5 Å². The number of phosphoric acid groups is 1. The molecule has 0 unspecified atom stereocenters. The molecule has 1 aromatic rings. The number of amides is 2. The number of rotatable bonds is 14. The maximum atomic E-state index is 13.5. The first-order valence-corrected chi connectivity index (χ1v) is 12.5. The Hall–Kier alpha value is -2.16. The van der Waals surface area contributed by atoms with Crippen molar-refractivity contribution in [2.24, 2.45) is 0 Å². The smallest absolute Gasteiger partial charge is 0.444 e. The van der Waals surface area contributed by atoms with Gasteiger partial charge in [-0.2, -0.15) is 0 Å². The van der Waals surface area contributed by atoms with E-state index in [1.165, 1.54) is 18.2 Å². The number of carbonyl (C=O) groups is 2. The Balaban J connectivity index is 2.48. The quantitative estimate of drug-likeness (QED) is 0.253. The summed E-state index contributed by atoms with van der Waals surface area (Å²) < 4.78 is 46.6. The van der Waals surface area contributed by atoms with Gasteiger partial charge in [0.2, 0.25) is 5.91 Å². The summed E-state index contributed by atoms with van der Waals surface area (Å²) in [6, 6.07) is 4.36. The van der Waals surface area contributed by atoms with E-state index in [1.807, 2.05) is 0 Å². The van der Waals surface area contributed by atoms with Crippen LogP contribution >= 0.6 is 7.82 Å². The molecule has 0 saturated carbocycles. The van der Waals surface area contributed by atoms with Crippen molar-refractivity contribution < 1.29 is 36.9 Å². The van der Waals surface area contributed by atoms with Crippen molar-refractivity contribution in [3.05, 3.63) is 23.8 Å². The Kier molecular flexibility index (Phi) is 12.4. The molecule has 0 aliphatic rings. The summed E-state index contributed by atoms with van der Waals surface area (Å²) >= 11 is 0. The van der Waals surface area contributed by atoms with E-state index < -0.39 is 26.2 Å². The lowest BCUT2D eigenvalue weighted by Crippen LogP contribution is -2.33. The molecule has 0 spiro atoms. The maximum Gasteiger partial charge on any atom is 0.530 e. The highest BCUT2D eigenvalue weighted by molar-refractivity contribution is 7.48. The Morgan fingerprint density at radius 3 is 2.30 bits per heavy atom. The van der Waals surface area contributed by atoms with Gasteiger partial charge in [0.1, 0.15) is 18.0 Å². The van der Waals surface area contributed by atoms with Gasteiger partial charge in [0.05, 0.1) is 13.2 Å². The summed E-state index contributed by atoms with van der Waals surface area (Å²) in [6.45, 7) is 8.45. The van der Waals surface area contributed by atoms with E-state index in [2.05, 4.69) is 10.6 Å². The van der Waals surface area contributed by atoms with Gasteiger partial charge >= 0.3 is 13.9 Å².